The summed E-state index contributed by atoms with van der Waals surface area (Å²) in [7, 11) is 0. The first kappa shape index (κ1) is 16.8. The van der Waals surface area contributed by atoms with Crippen LogP contribution in [0.25, 0.3) is 0 Å². The molecule has 1 aliphatic heterocycles. The number of hydrogen-bond acceptors (Lipinski definition) is 3. The number of nitrogens with one attached hydrogen (secondary N) is 1. The first-order valence-corrected chi connectivity index (χ1v) is 7.80. The smallest absolute Gasteiger partial charge is 0.277 e. The molecule has 6 heteroatoms. The number of benzene rings is 2. The minimum atomic E-state index is -1.08. The summed E-state index contributed by atoms with van der Waals surface area (Å²) in [6.45, 7) is 1.66. The van der Waals surface area contributed by atoms with Crippen molar-refractivity contribution >= 4 is 17.5 Å². The minimum Gasteiger partial charge on any atom is -0.348 e. The maximum Gasteiger partial charge on any atom is 0.277 e. The SMILES string of the molecule is Cc1ccc(NC2=CC(=O)N(CCc3ccccc3)C2=O)c(F)c1F. The van der Waals surface area contributed by atoms with Gasteiger partial charge in [-0.3, -0.25) is 14.5 Å². The van der Waals surface area contributed by atoms with Crippen LogP contribution in [-0.2, 0) is 16.0 Å². The monoisotopic (exact) mass is 342 g/mol. The zero-order valence-corrected chi connectivity index (χ0v) is 13.6. The van der Waals surface area contributed by atoms with Crippen molar-refractivity contribution in [2.24, 2.45) is 0 Å². The van der Waals surface area contributed by atoms with E-state index in [9.17, 15) is 18.4 Å². The lowest BCUT2D eigenvalue weighted by Gasteiger charge is -2.15. The van der Waals surface area contributed by atoms with E-state index in [1.165, 1.54) is 19.1 Å². The normalized spacial score (nSPS) is 14.0. The average molecular weight is 342 g/mol. The van der Waals surface area contributed by atoms with Gasteiger partial charge >= 0.3 is 0 Å². The van der Waals surface area contributed by atoms with Crippen LogP contribution in [0.1, 0.15) is 11.1 Å². The molecule has 25 heavy (non-hydrogen) atoms. The number of imide groups is 1. The van der Waals surface area contributed by atoms with Gasteiger partial charge in [0.05, 0.1) is 5.69 Å². The molecule has 1 heterocycles. The van der Waals surface area contributed by atoms with E-state index in [1.807, 2.05) is 30.3 Å². The molecule has 0 aromatic heterocycles. The van der Waals surface area contributed by atoms with Gasteiger partial charge in [0.2, 0.25) is 0 Å². The first-order valence-electron chi connectivity index (χ1n) is 7.80. The number of aryl methyl sites for hydroxylation is 1. The second-order valence-corrected chi connectivity index (χ2v) is 5.77. The molecule has 0 spiro atoms. The molecular formula is C19H16F2N2O2. The Kier molecular flexibility index (Phi) is 4.61. The highest BCUT2D eigenvalue weighted by Crippen LogP contribution is 2.23. The van der Waals surface area contributed by atoms with Crippen LogP contribution in [0, 0.1) is 18.6 Å². The molecule has 1 N–H and O–H groups in total. The maximum atomic E-state index is 13.9. The van der Waals surface area contributed by atoms with Gasteiger partial charge in [0.1, 0.15) is 5.70 Å². The molecule has 2 amide bonds. The molecule has 0 unspecified atom stereocenters. The maximum absolute atomic E-state index is 13.9. The van der Waals surface area contributed by atoms with Crippen molar-refractivity contribution in [3.63, 3.8) is 0 Å². The number of anilines is 1. The van der Waals surface area contributed by atoms with Gasteiger partial charge < -0.3 is 5.32 Å². The Morgan fingerprint density at radius 3 is 2.44 bits per heavy atom. The molecule has 128 valence electrons. The van der Waals surface area contributed by atoms with Crippen LogP contribution in [0.2, 0.25) is 0 Å². The number of halogens is 2. The Hall–Kier alpha value is -3.02. The third kappa shape index (κ3) is 3.42. The summed E-state index contributed by atoms with van der Waals surface area (Å²) in [5, 5.41) is 2.52. The molecule has 0 fully saturated rings. The molecule has 0 bridgehead atoms. The summed E-state index contributed by atoms with van der Waals surface area (Å²) in [6.07, 6.45) is 1.62. The highest BCUT2D eigenvalue weighted by molar-refractivity contribution is 6.17. The van der Waals surface area contributed by atoms with Crippen molar-refractivity contribution in [1.29, 1.82) is 0 Å². The molecule has 0 radical (unpaired) electrons. The second-order valence-electron chi connectivity index (χ2n) is 5.77. The van der Waals surface area contributed by atoms with Gasteiger partial charge in [-0.05, 0) is 30.5 Å². The molecule has 2 aromatic rings. The number of amides is 2. The van der Waals surface area contributed by atoms with Gasteiger partial charge in [-0.15, -0.1) is 0 Å². The Balaban J connectivity index is 1.70. The summed E-state index contributed by atoms with van der Waals surface area (Å²) in [4.78, 5) is 25.5. The van der Waals surface area contributed by atoms with E-state index in [0.717, 1.165) is 16.5 Å². The standard InChI is InChI=1S/C19H16F2N2O2/c1-12-7-8-14(18(21)17(12)20)22-15-11-16(24)23(19(15)25)10-9-13-5-3-2-4-6-13/h2-8,11,22H,9-10H2,1H3. The van der Waals surface area contributed by atoms with Crippen LogP contribution >= 0.6 is 0 Å². The highest BCUT2D eigenvalue weighted by Gasteiger charge is 2.31. The van der Waals surface area contributed by atoms with E-state index < -0.39 is 23.4 Å². The predicted octanol–water partition coefficient (Wildman–Crippen LogP) is 3.18. The second kappa shape index (κ2) is 6.84. The lowest BCUT2D eigenvalue weighted by Crippen LogP contribution is -2.34. The van der Waals surface area contributed by atoms with Crippen molar-refractivity contribution in [2.45, 2.75) is 13.3 Å². The quantitative estimate of drug-likeness (QED) is 0.849. The van der Waals surface area contributed by atoms with E-state index in [0.29, 0.717) is 6.42 Å². The Morgan fingerprint density at radius 1 is 1.00 bits per heavy atom. The lowest BCUT2D eigenvalue weighted by molar-refractivity contribution is -0.137. The molecule has 1 aliphatic rings. The first-order chi connectivity index (χ1) is 12.0. The third-order valence-electron chi connectivity index (χ3n) is 4.02. The van der Waals surface area contributed by atoms with Crippen molar-refractivity contribution in [2.75, 3.05) is 11.9 Å². The molecule has 0 aliphatic carbocycles. The highest BCUT2D eigenvalue weighted by atomic mass is 19.2. The summed E-state index contributed by atoms with van der Waals surface area (Å²) in [5.41, 5.74) is 0.909. The van der Waals surface area contributed by atoms with Gasteiger partial charge in [0, 0.05) is 12.6 Å². The van der Waals surface area contributed by atoms with Crippen molar-refractivity contribution in [3.05, 3.63) is 77.0 Å². The van der Waals surface area contributed by atoms with Crippen LogP contribution in [0.3, 0.4) is 0 Å². The van der Waals surface area contributed by atoms with E-state index in [1.54, 1.807) is 0 Å². The number of nitrogens with zero attached hydrogens (tertiary/aromatic N) is 1. The van der Waals surface area contributed by atoms with Crippen LogP contribution in [0.5, 0.6) is 0 Å². The van der Waals surface area contributed by atoms with Crippen LogP contribution in [0.4, 0.5) is 14.5 Å². The number of rotatable bonds is 5. The summed E-state index contributed by atoms with van der Waals surface area (Å²) < 4.78 is 27.6. The molecule has 0 saturated carbocycles. The number of hydrogen-bond donors (Lipinski definition) is 1. The fourth-order valence-electron chi connectivity index (χ4n) is 2.58. The Labute approximate surface area is 143 Å². The van der Waals surface area contributed by atoms with Crippen molar-refractivity contribution in [1.82, 2.24) is 4.90 Å². The zero-order valence-electron chi connectivity index (χ0n) is 13.6. The van der Waals surface area contributed by atoms with E-state index in [-0.39, 0.29) is 23.5 Å². The lowest BCUT2D eigenvalue weighted by atomic mass is 10.1. The summed E-state index contributed by atoms with van der Waals surface area (Å²) >= 11 is 0. The van der Waals surface area contributed by atoms with Gasteiger partial charge in [0.25, 0.3) is 11.8 Å². The van der Waals surface area contributed by atoms with Crippen molar-refractivity contribution < 1.29 is 18.4 Å². The Morgan fingerprint density at radius 2 is 1.72 bits per heavy atom. The fraction of sp³-hybridized carbons (Fsp3) is 0.158. The fourth-order valence-corrected chi connectivity index (χ4v) is 2.58. The molecule has 2 aromatic carbocycles. The predicted molar refractivity (Wildman–Crippen MR) is 89.7 cm³/mol. The zero-order chi connectivity index (χ0) is 18.0. The van der Waals surface area contributed by atoms with E-state index in [4.69, 9.17) is 0 Å². The van der Waals surface area contributed by atoms with Gasteiger partial charge in [-0.25, -0.2) is 8.78 Å². The average Bonchev–Trinajstić information content (AvgIpc) is 2.88. The number of carbonyl (C=O) groups is 2. The molecule has 3 rings (SSSR count). The largest absolute Gasteiger partial charge is 0.348 e. The van der Waals surface area contributed by atoms with E-state index in [2.05, 4.69) is 5.32 Å². The van der Waals surface area contributed by atoms with Crippen LogP contribution in [-0.4, -0.2) is 23.3 Å². The van der Waals surface area contributed by atoms with Gasteiger partial charge in [0.15, 0.2) is 11.6 Å². The molecule has 0 atom stereocenters. The van der Waals surface area contributed by atoms with Crippen LogP contribution < -0.4 is 5.32 Å². The third-order valence-corrected chi connectivity index (χ3v) is 4.02. The summed E-state index contributed by atoms with van der Waals surface area (Å²) in [5.74, 6) is -3.09. The van der Waals surface area contributed by atoms with Gasteiger partial charge in [-0.1, -0.05) is 36.4 Å². The van der Waals surface area contributed by atoms with E-state index >= 15 is 0 Å². The molecular weight excluding hydrogens is 326 g/mol. The summed E-state index contributed by atoms with van der Waals surface area (Å²) in [6, 6.07) is 12.2. The Bertz CT molecular complexity index is 863. The molecule has 0 saturated heterocycles. The minimum absolute atomic E-state index is 0.0692. The molecule has 4 nitrogen and oxygen atoms in total. The van der Waals surface area contributed by atoms with Crippen molar-refractivity contribution in [3.8, 4) is 0 Å². The topological polar surface area (TPSA) is 49.4 Å². The van der Waals surface area contributed by atoms with Gasteiger partial charge in [-0.2, -0.15) is 0 Å². The van der Waals surface area contributed by atoms with Crippen LogP contribution in [0.15, 0.2) is 54.2 Å². The number of carbonyl (C=O) groups excluding carboxylic acids is 2.